The van der Waals surface area contributed by atoms with Crippen molar-refractivity contribution in [1.82, 2.24) is 10.3 Å². The third kappa shape index (κ3) is 4.36. The number of sulfone groups is 1. The molecule has 2 aromatic heterocycles. The molecule has 2 heterocycles. The summed E-state index contributed by atoms with van der Waals surface area (Å²) in [5, 5.41) is 3.60. The molecule has 0 aliphatic rings. The maximum atomic E-state index is 13.0. The summed E-state index contributed by atoms with van der Waals surface area (Å²) in [4.78, 5) is 16.3. The number of amides is 1. The van der Waals surface area contributed by atoms with Crippen LogP contribution in [0.15, 0.2) is 76.6 Å². The number of pyridine rings is 1. The van der Waals surface area contributed by atoms with Crippen LogP contribution in [-0.4, -0.2) is 25.9 Å². The van der Waals surface area contributed by atoms with E-state index in [4.69, 9.17) is 0 Å². The summed E-state index contributed by atoms with van der Waals surface area (Å²) < 4.78 is 26.3. The first-order valence-electron chi connectivity index (χ1n) is 8.05. The van der Waals surface area contributed by atoms with Gasteiger partial charge in [0.05, 0.1) is 6.42 Å². The molecule has 134 valence electrons. The summed E-state index contributed by atoms with van der Waals surface area (Å²) in [6.07, 6.45) is 3.32. The number of thiophene rings is 1. The van der Waals surface area contributed by atoms with Crippen LogP contribution in [-0.2, 0) is 21.1 Å². The number of nitrogens with one attached hydrogen (secondary N) is 1. The van der Waals surface area contributed by atoms with E-state index in [0.717, 1.165) is 5.56 Å². The van der Waals surface area contributed by atoms with Crippen molar-refractivity contribution >= 4 is 27.1 Å². The van der Waals surface area contributed by atoms with Crippen LogP contribution < -0.4 is 5.32 Å². The zero-order valence-corrected chi connectivity index (χ0v) is 15.5. The van der Waals surface area contributed by atoms with Gasteiger partial charge < -0.3 is 5.32 Å². The number of carbonyl (C=O) groups excluding carboxylic acids is 1. The van der Waals surface area contributed by atoms with Gasteiger partial charge in [0.25, 0.3) is 0 Å². The molecule has 26 heavy (non-hydrogen) atoms. The molecule has 1 aromatic carbocycles. The molecule has 3 aromatic rings. The minimum absolute atomic E-state index is 0.00239. The molecule has 0 aliphatic carbocycles. The van der Waals surface area contributed by atoms with E-state index in [0.29, 0.717) is 5.56 Å². The Morgan fingerprint density at radius 1 is 1.08 bits per heavy atom. The van der Waals surface area contributed by atoms with E-state index in [-0.39, 0.29) is 23.1 Å². The highest BCUT2D eigenvalue weighted by atomic mass is 32.2. The summed E-state index contributed by atoms with van der Waals surface area (Å²) in [7, 11) is -3.62. The molecule has 0 saturated heterocycles. The zero-order chi connectivity index (χ0) is 18.4. The van der Waals surface area contributed by atoms with Crippen molar-refractivity contribution in [1.29, 1.82) is 0 Å². The van der Waals surface area contributed by atoms with E-state index in [1.807, 2.05) is 30.3 Å². The molecule has 1 amide bonds. The first-order valence-corrected chi connectivity index (χ1v) is 10.5. The molecule has 0 bridgehead atoms. The Morgan fingerprint density at radius 2 is 1.88 bits per heavy atom. The van der Waals surface area contributed by atoms with E-state index >= 15 is 0 Å². The van der Waals surface area contributed by atoms with Crippen LogP contribution >= 0.6 is 11.3 Å². The van der Waals surface area contributed by atoms with Gasteiger partial charge in [-0.25, -0.2) is 8.42 Å². The highest BCUT2D eigenvalue weighted by molar-refractivity contribution is 7.93. The summed E-state index contributed by atoms with van der Waals surface area (Å²) in [5.74, 6) is -0.216. The molecular weight excluding hydrogens is 368 g/mol. The standard InChI is InChI=1S/C19H18N2O3S2/c22-18(12-15-6-2-1-3-7-15)21-14-17(16-8-4-10-20-13-16)26(23,24)19-9-5-11-25-19/h1-11,13,17H,12,14H2,(H,21,22)/t17-/m0/s1. The van der Waals surface area contributed by atoms with Gasteiger partial charge in [-0.3, -0.25) is 9.78 Å². The highest BCUT2D eigenvalue weighted by Crippen LogP contribution is 2.30. The first-order chi connectivity index (χ1) is 12.6. The number of aromatic nitrogens is 1. The Bertz CT molecular complexity index is 941. The summed E-state index contributed by atoms with van der Waals surface area (Å²) >= 11 is 1.17. The number of benzene rings is 1. The molecule has 7 heteroatoms. The normalized spacial score (nSPS) is 12.5. The summed E-state index contributed by atoms with van der Waals surface area (Å²) in [6.45, 7) is -0.00239. The molecule has 0 saturated carbocycles. The van der Waals surface area contributed by atoms with E-state index in [9.17, 15) is 13.2 Å². The number of hydrogen-bond donors (Lipinski definition) is 1. The van der Waals surface area contributed by atoms with Crippen molar-refractivity contribution in [2.75, 3.05) is 6.54 Å². The van der Waals surface area contributed by atoms with Gasteiger partial charge in [-0.1, -0.05) is 42.5 Å². The van der Waals surface area contributed by atoms with Crippen molar-refractivity contribution in [2.24, 2.45) is 0 Å². The van der Waals surface area contributed by atoms with Crippen LogP contribution in [0.3, 0.4) is 0 Å². The van der Waals surface area contributed by atoms with E-state index in [1.165, 1.54) is 17.5 Å². The van der Waals surface area contributed by atoms with Crippen LogP contribution in [0.1, 0.15) is 16.4 Å². The average Bonchev–Trinajstić information content (AvgIpc) is 3.19. The second kappa shape index (κ2) is 8.25. The molecule has 0 unspecified atom stereocenters. The third-order valence-electron chi connectivity index (χ3n) is 3.90. The number of hydrogen-bond acceptors (Lipinski definition) is 5. The molecule has 3 rings (SSSR count). The second-order valence-electron chi connectivity index (χ2n) is 5.72. The van der Waals surface area contributed by atoms with Crippen LogP contribution in [0.5, 0.6) is 0 Å². The van der Waals surface area contributed by atoms with Crippen molar-refractivity contribution in [2.45, 2.75) is 15.9 Å². The summed E-state index contributed by atoms with van der Waals surface area (Å²) in [5.41, 5.74) is 1.44. The molecule has 0 fully saturated rings. The Labute approximate surface area is 156 Å². The SMILES string of the molecule is O=C(Cc1ccccc1)NC[C@@H](c1cccnc1)S(=O)(=O)c1cccs1. The minimum Gasteiger partial charge on any atom is -0.354 e. The van der Waals surface area contributed by atoms with E-state index in [2.05, 4.69) is 10.3 Å². The zero-order valence-electron chi connectivity index (χ0n) is 13.9. The van der Waals surface area contributed by atoms with Gasteiger partial charge in [-0.05, 0) is 28.6 Å². The predicted molar refractivity (Wildman–Crippen MR) is 102 cm³/mol. The Morgan fingerprint density at radius 3 is 2.54 bits per heavy atom. The lowest BCUT2D eigenvalue weighted by molar-refractivity contribution is -0.120. The molecular formula is C19H18N2O3S2. The lowest BCUT2D eigenvalue weighted by Gasteiger charge is -2.18. The molecule has 1 N–H and O–H groups in total. The molecule has 0 spiro atoms. The summed E-state index contributed by atoms with van der Waals surface area (Å²) in [6, 6.07) is 16.0. The fourth-order valence-corrected chi connectivity index (χ4v) is 5.44. The maximum absolute atomic E-state index is 13.0. The molecule has 5 nitrogen and oxygen atoms in total. The fraction of sp³-hybridized carbons (Fsp3) is 0.158. The van der Waals surface area contributed by atoms with Gasteiger partial charge in [-0.15, -0.1) is 11.3 Å². The maximum Gasteiger partial charge on any atom is 0.224 e. The Balaban J connectivity index is 1.78. The lowest BCUT2D eigenvalue weighted by Crippen LogP contribution is -2.32. The minimum atomic E-state index is -3.62. The molecule has 0 radical (unpaired) electrons. The average molecular weight is 386 g/mol. The van der Waals surface area contributed by atoms with Crippen LogP contribution in [0.25, 0.3) is 0 Å². The highest BCUT2D eigenvalue weighted by Gasteiger charge is 2.30. The predicted octanol–water partition coefficient (Wildman–Crippen LogP) is 3.02. The number of nitrogens with zero attached hydrogens (tertiary/aromatic N) is 1. The fourth-order valence-electron chi connectivity index (χ4n) is 2.59. The van der Waals surface area contributed by atoms with E-state index < -0.39 is 15.1 Å². The van der Waals surface area contributed by atoms with Crippen LogP contribution in [0.4, 0.5) is 0 Å². The van der Waals surface area contributed by atoms with Gasteiger partial charge in [0.2, 0.25) is 5.91 Å². The number of rotatable bonds is 7. The van der Waals surface area contributed by atoms with Gasteiger partial charge >= 0.3 is 0 Å². The Kier molecular flexibility index (Phi) is 5.80. The third-order valence-corrected chi connectivity index (χ3v) is 7.43. The Hall–Kier alpha value is -2.51. The largest absolute Gasteiger partial charge is 0.354 e. The van der Waals surface area contributed by atoms with Crippen LogP contribution in [0, 0.1) is 0 Å². The monoisotopic (exact) mass is 386 g/mol. The first kappa shape index (κ1) is 18.3. The van der Waals surface area contributed by atoms with Gasteiger partial charge in [0.15, 0.2) is 9.84 Å². The quantitative estimate of drug-likeness (QED) is 0.677. The molecule has 1 atom stereocenters. The topological polar surface area (TPSA) is 76.1 Å². The van der Waals surface area contributed by atoms with E-state index in [1.54, 1.807) is 35.8 Å². The number of carbonyl (C=O) groups is 1. The smallest absolute Gasteiger partial charge is 0.224 e. The van der Waals surface area contributed by atoms with Crippen LogP contribution in [0.2, 0.25) is 0 Å². The van der Waals surface area contributed by atoms with Crippen molar-refractivity contribution in [3.63, 3.8) is 0 Å². The van der Waals surface area contributed by atoms with Crippen molar-refractivity contribution in [3.05, 3.63) is 83.5 Å². The van der Waals surface area contributed by atoms with Gasteiger partial charge in [0, 0.05) is 18.9 Å². The van der Waals surface area contributed by atoms with Gasteiger partial charge in [-0.2, -0.15) is 0 Å². The van der Waals surface area contributed by atoms with Crippen molar-refractivity contribution < 1.29 is 13.2 Å². The molecule has 0 aliphatic heterocycles. The van der Waals surface area contributed by atoms with Gasteiger partial charge in [0.1, 0.15) is 9.46 Å². The second-order valence-corrected chi connectivity index (χ2v) is 9.02. The lowest BCUT2D eigenvalue weighted by atomic mass is 10.1. The van der Waals surface area contributed by atoms with Crippen molar-refractivity contribution in [3.8, 4) is 0 Å².